The summed E-state index contributed by atoms with van der Waals surface area (Å²) in [6.07, 6.45) is 5.32. The molecule has 1 aromatic carbocycles. The van der Waals surface area contributed by atoms with E-state index in [9.17, 15) is 0 Å². The van der Waals surface area contributed by atoms with Crippen LogP contribution in [0.2, 0.25) is 0 Å². The molecule has 0 unspecified atom stereocenters. The fraction of sp³-hybridized carbons (Fsp3) is 0.429. The SMILES string of the molecule is C/C=C/CN(C)Cc1ccc2c(c1)CCO2. The molecular weight excluding hydrogens is 198 g/mol. The summed E-state index contributed by atoms with van der Waals surface area (Å²) in [6, 6.07) is 6.53. The fourth-order valence-electron chi connectivity index (χ4n) is 2.00. The van der Waals surface area contributed by atoms with Crippen molar-refractivity contribution in [2.75, 3.05) is 20.2 Å². The highest BCUT2D eigenvalue weighted by Crippen LogP contribution is 2.26. The van der Waals surface area contributed by atoms with Gasteiger partial charge in [0.05, 0.1) is 6.61 Å². The van der Waals surface area contributed by atoms with Gasteiger partial charge < -0.3 is 4.74 Å². The molecule has 2 nitrogen and oxygen atoms in total. The lowest BCUT2D eigenvalue weighted by atomic mass is 10.1. The van der Waals surface area contributed by atoms with Crippen LogP contribution in [0, 0.1) is 0 Å². The molecule has 16 heavy (non-hydrogen) atoms. The molecule has 2 rings (SSSR count). The number of hydrogen-bond donors (Lipinski definition) is 0. The van der Waals surface area contributed by atoms with Crippen molar-refractivity contribution in [3.63, 3.8) is 0 Å². The Kier molecular flexibility index (Phi) is 3.62. The molecule has 0 spiro atoms. The molecule has 0 aromatic heterocycles. The zero-order valence-corrected chi connectivity index (χ0v) is 10.1. The third-order valence-electron chi connectivity index (χ3n) is 2.86. The molecule has 0 aliphatic carbocycles. The zero-order valence-electron chi connectivity index (χ0n) is 10.1. The molecule has 86 valence electrons. The van der Waals surface area contributed by atoms with Crippen LogP contribution in [0.4, 0.5) is 0 Å². The van der Waals surface area contributed by atoms with Crippen molar-refractivity contribution in [3.8, 4) is 5.75 Å². The molecule has 1 heterocycles. The second kappa shape index (κ2) is 5.17. The van der Waals surface area contributed by atoms with Crippen LogP contribution in [-0.2, 0) is 13.0 Å². The van der Waals surface area contributed by atoms with Gasteiger partial charge in [0, 0.05) is 19.5 Å². The normalized spacial score (nSPS) is 14.4. The second-order valence-corrected chi connectivity index (χ2v) is 4.31. The van der Waals surface area contributed by atoms with Crippen LogP contribution in [-0.4, -0.2) is 25.1 Å². The quantitative estimate of drug-likeness (QED) is 0.719. The summed E-state index contributed by atoms with van der Waals surface area (Å²) in [6.45, 7) is 4.90. The minimum atomic E-state index is 0.840. The van der Waals surface area contributed by atoms with Crippen molar-refractivity contribution in [2.45, 2.75) is 19.9 Å². The van der Waals surface area contributed by atoms with Crippen LogP contribution in [0.25, 0.3) is 0 Å². The standard InChI is InChI=1S/C14H19NO/c1-3-4-8-15(2)11-12-5-6-14-13(10-12)7-9-16-14/h3-6,10H,7-9,11H2,1-2H3/b4-3+. The summed E-state index contributed by atoms with van der Waals surface area (Å²) in [5.41, 5.74) is 2.73. The number of hydrogen-bond acceptors (Lipinski definition) is 2. The highest BCUT2D eigenvalue weighted by atomic mass is 16.5. The van der Waals surface area contributed by atoms with E-state index in [0.29, 0.717) is 0 Å². The summed E-state index contributed by atoms with van der Waals surface area (Å²) in [5.74, 6) is 1.07. The first-order valence-electron chi connectivity index (χ1n) is 5.84. The number of rotatable bonds is 4. The fourth-order valence-corrected chi connectivity index (χ4v) is 2.00. The first-order valence-corrected chi connectivity index (χ1v) is 5.84. The molecule has 1 aromatic rings. The average molecular weight is 217 g/mol. The van der Waals surface area contributed by atoms with Gasteiger partial charge in [0.25, 0.3) is 0 Å². The molecular formula is C14H19NO. The Balaban J connectivity index is 1.99. The molecule has 0 bridgehead atoms. The summed E-state index contributed by atoms with van der Waals surface area (Å²) < 4.78 is 5.50. The van der Waals surface area contributed by atoms with Crippen molar-refractivity contribution in [3.05, 3.63) is 41.5 Å². The van der Waals surface area contributed by atoms with E-state index in [1.807, 2.05) is 0 Å². The summed E-state index contributed by atoms with van der Waals surface area (Å²) in [7, 11) is 2.14. The Hall–Kier alpha value is -1.28. The van der Waals surface area contributed by atoms with Gasteiger partial charge in [-0.2, -0.15) is 0 Å². The number of nitrogens with zero attached hydrogens (tertiary/aromatic N) is 1. The van der Waals surface area contributed by atoms with E-state index in [-0.39, 0.29) is 0 Å². The van der Waals surface area contributed by atoms with Crippen molar-refractivity contribution in [2.24, 2.45) is 0 Å². The third-order valence-corrected chi connectivity index (χ3v) is 2.86. The van der Waals surface area contributed by atoms with E-state index >= 15 is 0 Å². The zero-order chi connectivity index (χ0) is 11.4. The highest BCUT2D eigenvalue weighted by Gasteiger charge is 2.12. The maximum absolute atomic E-state index is 5.50. The van der Waals surface area contributed by atoms with Crippen LogP contribution in [0.1, 0.15) is 18.1 Å². The lowest BCUT2D eigenvalue weighted by Gasteiger charge is -2.14. The molecule has 1 aliphatic rings. The van der Waals surface area contributed by atoms with Gasteiger partial charge in [-0.15, -0.1) is 0 Å². The minimum Gasteiger partial charge on any atom is -0.493 e. The number of likely N-dealkylation sites (N-methyl/N-ethyl adjacent to an activating group) is 1. The monoisotopic (exact) mass is 217 g/mol. The van der Waals surface area contributed by atoms with Crippen LogP contribution in [0.15, 0.2) is 30.4 Å². The van der Waals surface area contributed by atoms with E-state index in [2.05, 4.69) is 49.2 Å². The molecule has 0 amide bonds. The molecule has 0 fully saturated rings. The van der Waals surface area contributed by atoms with Gasteiger partial charge in [-0.05, 0) is 31.2 Å². The Morgan fingerprint density at radius 3 is 3.12 bits per heavy atom. The van der Waals surface area contributed by atoms with E-state index in [0.717, 1.165) is 31.9 Å². The van der Waals surface area contributed by atoms with Crippen LogP contribution in [0.3, 0.4) is 0 Å². The summed E-state index contributed by atoms with van der Waals surface area (Å²) >= 11 is 0. The third kappa shape index (κ3) is 2.64. The van der Waals surface area contributed by atoms with Crippen molar-refractivity contribution >= 4 is 0 Å². The van der Waals surface area contributed by atoms with E-state index < -0.39 is 0 Å². The Morgan fingerprint density at radius 1 is 1.44 bits per heavy atom. The van der Waals surface area contributed by atoms with Crippen molar-refractivity contribution in [1.82, 2.24) is 4.90 Å². The average Bonchev–Trinajstić information content (AvgIpc) is 2.73. The lowest BCUT2D eigenvalue weighted by molar-refractivity contribution is 0.355. The van der Waals surface area contributed by atoms with Gasteiger partial charge in [-0.3, -0.25) is 4.90 Å². The predicted molar refractivity (Wildman–Crippen MR) is 66.8 cm³/mol. The topological polar surface area (TPSA) is 12.5 Å². The number of benzene rings is 1. The second-order valence-electron chi connectivity index (χ2n) is 4.31. The Morgan fingerprint density at radius 2 is 2.31 bits per heavy atom. The van der Waals surface area contributed by atoms with E-state index in [1.54, 1.807) is 0 Å². The predicted octanol–water partition coefficient (Wildman–Crippen LogP) is 2.63. The first kappa shape index (κ1) is 11.2. The highest BCUT2D eigenvalue weighted by molar-refractivity contribution is 5.39. The molecule has 0 saturated heterocycles. The molecule has 0 radical (unpaired) electrons. The van der Waals surface area contributed by atoms with E-state index in [1.165, 1.54) is 11.1 Å². The Labute approximate surface area is 97.5 Å². The van der Waals surface area contributed by atoms with Crippen LogP contribution < -0.4 is 4.74 Å². The largest absolute Gasteiger partial charge is 0.493 e. The molecule has 0 N–H and O–H groups in total. The number of fused-ring (bicyclic) bond motifs is 1. The van der Waals surface area contributed by atoms with Gasteiger partial charge >= 0.3 is 0 Å². The number of ether oxygens (including phenoxy) is 1. The molecule has 0 saturated carbocycles. The smallest absolute Gasteiger partial charge is 0.122 e. The lowest BCUT2D eigenvalue weighted by Crippen LogP contribution is -2.17. The number of allylic oxidation sites excluding steroid dienone is 1. The summed E-state index contributed by atoms with van der Waals surface area (Å²) in [5, 5.41) is 0. The van der Waals surface area contributed by atoms with Crippen molar-refractivity contribution in [1.29, 1.82) is 0 Å². The first-order chi connectivity index (χ1) is 7.79. The Bertz CT molecular complexity index is 384. The van der Waals surface area contributed by atoms with Gasteiger partial charge in [0.15, 0.2) is 0 Å². The van der Waals surface area contributed by atoms with Crippen molar-refractivity contribution < 1.29 is 4.74 Å². The van der Waals surface area contributed by atoms with Gasteiger partial charge in [-0.1, -0.05) is 24.3 Å². The molecule has 1 aliphatic heterocycles. The minimum absolute atomic E-state index is 0.840. The van der Waals surface area contributed by atoms with Gasteiger partial charge in [-0.25, -0.2) is 0 Å². The molecule has 2 heteroatoms. The van der Waals surface area contributed by atoms with Gasteiger partial charge in [0.1, 0.15) is 5.75 Å². The van der Waals surface area contributed by atoms with Crippen LogP contribution in [0.5, 0.6) is 5.75 Å². The van der Waals surface area contributed by atoms with Crippen LogP contribution >= 0.6 is 0 Å². The van der Waals surface area contributed by atoms with Gasteiger partial charge in [0.2, 0.25) is 0 Å². The maximum Gasteiger partial charge on any atom is 0.122 e. The summed E-state index contributed by atoms with van der Waals surface area (Å²) in [4.78, 5) is 2.30. The van der Waals surface area contributed by atoms with E-state index in [4.69, 9.17) is 4.74 Å². The molecule has 0 atom stereocenters. The maximum atomic E-state index is 5.50.